The van der Waals surface area contributed by atoms with Gasteiger partial charge in [0.1, 0.15) is 6.04 Å². The number of aryl methyl sites for hydroxylation is 1. The van der Waals surface area contributed by atoms with E-state index in [0.717, 1.165) is 68.2 Å². The Labute approximate surface area is 222 Å². The summed E-state index contributed by atoms with van der Waals surface area (Å²) in [6, 6.07) is 4.31. The fourth-order valence-electron chi connectivity index (χ4n) is 5.71. The number of carbonyl (C=O) groups is 2. The van der Waals surface area contributed by atoms with Crippen molar-refractivity contribution in [1.82, 2.24) is 20.5 Å². The molecule has 3 unspecified atom stereocenters. The lowest BCUT2D eigenvalue weighted by Gasteiger charge is -2.35. The number of amides is 2. The van der Waals surface area contributed by atoms with Crippen LogP contribution < -0.4 is 10.6 Å². The van der Waals surface area contributed by atoms with E-state index < -0.39 is 23.8 Å². The van der Waals surface area contributed by atoms with E-state index in [1.165, 1.54) is 6.07 Å². The van der Waals surface area contributed by atoms with Gasteiger partial charge in [0.05, 0.1) is 17.6 Å². The maximum absolute atomic E-state index is 14.0. The summed E-state index contributed by atoms with van der Waals surface area (Å²) < 4.78 is 40.1. The van der Waals surface area contributed by atoms with E-state index in [2.05, 4.69) is 15.6 Å². The van der Waals surface area contributed by atoms with E-state index in [9.17, 15) is 22.8 Å². The molecule has 4 rings (SSSR count). The Balaban J connectivity index is 1.62. The van der Waals surface area contributed by atoms with Crippen molar-refractivity contribution in [2.45, 2.75) is 83.1 Å². The number of halogens is 3. The van der Waals surface area contributed by atoms with Gasteiger partial charge in [-0.3, -0.25) is 14.6 Å². The number of nitrogens with one attached hydrogen (secondary N) is 2. The molecule has 1 aliphatic heterocycles. The number of pyridine rings is 1. The first-order valence-corrected chi connectivity index (χ1v) is 13.5. The second kappa shape index (κ2) is 11.8. The summed E-state index contributed by atoms with van der Waals surface area (Å²) in [4.78, 5) is 33.0. The fraction of sp³-hybridized carbons (Fsp3) is 0.552. The molecule has 0 bridgehead atoms. The van der Waals surface area contributed by atoms with Gasteiger partial charge in [-0.05, 0) is 87.4 Å². The van der Waals surface area contributed by atoms with Gasteiger partial charge < -0.3 is 15.5 Å². The van der Waals surface area contributed by atoms with Crippen LogP contribution >= 0.6 is 0 Å². The number of likely N-dealkylation sites (N-methyl/N-ethyl adjacent to an activating group) is 1. The molecule has 2 fully saturated rings. The van der Waals surface area contributed by atoms with Crippen molar-refractivity contribution in [2.75, 3.05) is 13.6 Å². The minimum atomic E-state index is -4.44. The average molecular weight is 531 g/mol. The minimum Gasteiger partial charge on any atom is -0.343 e. The molecular weight excluding hydrogens is 493 g/mol. The van der Waals surface area contributed by atoms with Crippen molar-refractivity contribution in [1.29, 1.82) is 0 Å². The third-order valence-electron chi connectivity index (χ3n) is 8.07. The van der Waals surface area contributed by atoms with Crippen LogP contribution in [0.1, 0.15) is 74.6 Å². The van der Waals surface area contributed by atoms with E-state index in [1.807, 2.05) is 11.0 Å². The van der Waals surface area contributed by atoms with Crippen LogP contribution in [-0.2, 0) is 15.8 Å². The number of carbonyl (C=O) groups excluding carboxylic acids is 2. The van der Waals surface area contributed by atoms with Crippen molar-refractivity contribution in [3.63, 3.8) is 0 Å². The number of aromatic nitrogens is 1. The second-order valence-electron chi connectivity index (χ2n) is 10.6. The van der Waals surface area contributed by atoms with Crippen LogP contribution in [0.25, 0.3) is 11.1 Å². The van der Waals surface area contributed by atoms with Gasteiger partial charge in [-0.25, -0.2) is 0 Å². The van der Waals surface area contributed by atoms with E-state index >= 15 is 0 Å². The summed E-state index contributed by atoms with van der Waals surface area (Å²) in [5.74, 6) is -0.199. The van der Waals surface area contributed by atoms with Crippen LogP contribution in [0.4, 0.5) is 13.2 Å². The standard InChI is InChI=1S/C29H37F3N4O2/c1-18-11-12-23(29(30,31)32)15-24(18)21-14-22(17-34-16-21)25-10-7-13-36(25)28(38)26(20-8-5-4-6-9-20)35-27(37)19(2)33-3/h11-12,14-17,19-20,25-26,33H,4-10,13H2,1-3H3,(H,35,37). The highest BCUT2D eigenvalue weighted by Gasteiger charge is 2.39. The zero-order valence-corrected chi connectivity index (χ0v) is 22.3. The summed E-state index contributed by atoms with van der Waals surface area (Å²) in [6.07, 6.45) is 5.37. The van der Waals surface area contributed by atoms with Gasteiger partial charge in [0.15, 0.2) is 0 Å². The van der Waals surface area contributed by atoms with Gasteiger partial charge in [0.2, 0.25) is 11.8 Å². The van der Waals surface area contributed by atoms with Crippen LogP contribution in [0, 0.1) is 12.8 Å². The molecule has 38 heavy (non-hydrogen) atoms. The summed E-state index contributed by atoms with van der Waals surface area (Å²) in [6.45, 7) is 4.11. The first-order valence-electron chi connectivity index (χ1n) is 13.5. The number of rotatable bonds is 7. The van der Waals surface area contributed by atoms with E-state index in [-0.39, 0.29) is 23.8 Å². The lowest BCUT2D eigenvalue weighted by atomic mass is 9.83. The van der Waals surface area contributed by atoms with Crippen LogP contribution in [-0.4, -0.2) is 47.4 Å². The third kappa shape index (κ3) is 6.20. The van der Waals surface area contributed by atoms with Crippen LogP contribution in [0.5, 0.6) is 0 Å². The predicted molar refractivity (Wildman–Crippen MR) is 140 cm³/mol. The molecule has 1 aromatic heterocycles. The monoisotopic (exact) mass is 530 g/mol. The molecule has 1 aliphatic carbocycles. The topological polar surface area (TPSA) is 74.3 Å². The SMILES string of the molecule is CNC(C)C(=O)NC(C(=O)N1CCCC1c1cncc(-c2cc(C(F)(F)F)ccc2C)c1)C1CCCCC1. The Morgan fingerprint density at radius 1 is 1.05 bits per heavy atom. The van der Waals surface area contributed by atoms with Crippen molar-refractivity contribution < 1.29 is 22.8 Å². The molecular formula is C29H37F3N4O2. The Kier molecular flexibility index (Phi) is 8.75. The molecule has 1 saturated heterocycles. The molecule has 0 radical (unpaired) electrons. The Hall–Kier alpha value is -2.94. The summed E-state index contributed by atoms with van der Waals surface area (Å²) in [5, 5.41) is 5.98. The molecule has 2 amide bonds. The predicted octanol–water partition coefficient (Wildman–Crippen LogP) is 5.41. The van der Waals surface area contributed by atoms with Gasteiger partial charge >= 0.3 is 6.18 Å². The van der Waals surface area contributed by atoms with Gasteiger partial charge in [-0.15, -0.1) is 0 Å². The number of hydrogen-bond acceptors (Lipinski definition) is 4. The van der Waals surface area contributed by atoms with E-state index in [0.29, 0.717) is 17.7 Å². The van der Waals surface area contributed by atoms with E-state index in [4.69, 9.17) is 0 Å². The third-order valence-corrected chi connectivity index (χ3v) is 8.07. The number of benzene rings is 1. The number of likely N-dealkylation sites (tertiary alicyclic amines) is 1. The highest BCUT2D eigenvalue weighted by Crippen LogP contribution is 2.38. The molecule has 206 valence electrons. The largest absolute Gasteiger partial charge is 0.416 e. The molecule has 2 aliphatic rings. The van der Waals surface area contributed by atoms with Crippen LogP contribution in [0.15, 0.2) is 36.7 Å². The maximum atomic E-state index is 14.0. The molecule has 1 aromatic carbocycles. The maximum Gasteiger partial charge on any atom is 0.416 e. The van der Waals surface area contributed by atoms with Gasteiger partial charge in [-0.2, -0.15) is 13.2 Å². The highest BCUT2D eigenvalue weighted by atomic mass is 19.4. The van der Waals surface area contributed by atoms with Crippen molar-refractivity contribution in [3.8, 4) is 11.1 Å². The Morgan fingerprint density at radius 3 is 2.47 bits per heavy atom. The number of alkyl halides is 3. The normalized spacial score (nSPS) is 20.3. The Morgan fingerprint density at radius 2 is 1.79 bits per heavy atom. The first-order chi connectivity index (χ1) is 18.1. The Bertz CT molecular complexity index is 1150. The summed E-state index contributed by atoms with van der Waals surface area (Å²) >= 11 is 0. The molecule has 2 N–H and O–H groups in total. The minimum absolute atomic E-state index is 0.0859. The van der Waals surface area contributed by atoms with Gasteiger partial charge in [0, 0.05) is 24.5 Å². The van der Waals surface area contributed by atoms with Gasteiger partial charge in [-0.1, -0.05) is 25.3 Å². The molecule has 1 saturated carbocycles. The molecule has 2 aromatic rings. The van der Waals surface area contributed by atoms with Gasteiger partial charge in [0.25, 0.3) is 0 Å². The summed E-state index contributed by atoms with van der Waals surface area (Å²) in [5.41, 5.74) is 1.87. The van der Waals surface area contributed by atoms with Crippen molar-refractivity contribution in [2.24, 2.45) is 5.92 Å². The van der Waals surface area contributed by atoms with Crippen LogP contribution in [0.3, 0.4) is 0 Å². The quantitative estimate of drug-likeness (QED) is 0.502. The highest BCUT2D eigenvalue weighted by molar-refractivity contribution is 5.90. The van der Waals surface area contributed by atoms with E-state index in [1.54, 1.807) is 33.3 Å². The smallest absolute Gasteiger partial charge is 0.343 e. The fourth-order valence-corrected chi connectivity index (χ4v) is 5.71. The average Bonchev–Trinajstić information content (AvgIpc) is 3.41. The first kappa shape index (κ1) is 28.1. The van der Waals surface area contributed by atoms with Crippen molar-refractivity contribution in [3.05, 3.63) is 53.3 Å². The molecule has 2 heterocycles. The lowest BCUT2D eigenvalue weighted by molar-refractivity contribution is -0.139. The second-order valence-corrected chi connectivity index (χ2v) is 10.6. The molecule has 3 atom stereocenters. The zero-order chi connectivity index (χ0) is 27.4. The molecule has 6 nitrogen and oxygen atoms in total. The number of hydrogen-bond donors (Lipinski definition) is 2. The molecule has 9 heteroatoms. The van der Waals surface area contributed by atoms with Crippen molar-refractivity contribution >= 4 is 11.8 Å². The zero-order valence-electron chi connectivity index (χ0n) is 22.3. The molecule has 0 spiro atoms. The lowest BCUT2D eigenvalue weighted by Crippen LogP contribution is -2.55. The summed E-state index contributed by atoms with van der Waals surface area (Å²) in [7, 11) is 1.71. The van der Waals surface area contributed by atoms with Crippen LogP contribution in [0.2, 0.25) is 0 Å². The number of nitrogens with zero attached hydrogens (tertiary/aromatic N) is 2.